The number of aromatic amines is 1. The van der Waals surface area contributed by atoms with Gasteiger partial charge in [-0.3, -0.25) is 14.7 Å². The number of thiophene rings is 1. The Labute approximate surface area is 101 Å². The standard InChI is InChI=1S/C10H10N4O2S/c15-9(13-8-3-4-12-14-8)6-11-10(16)7-2-1-5-17-7/h1-5H,6H2,(H,11,16)(H2,12,13,14,15). The Morgan fingerprint density at radius 3 is 2.94 bits per heavy atom. The Morgan fingerprint density at radius 1 is 1.41 bits per heavy atom. The molecular formula is C10H10N4O2S. The molecule has 2 aromatic rings. The molecule has 0 aliphatic heterocycles. The van der Waals surface area contributed by atoms with Gasteiger partial charge in [0.15, 0.2) is 0 Å². The first-order chi connectivity index (χ1) is 8.25. The fraction of sp³-hybridized carbons (Fsp3) is 0.100. The van der Waals surface area contributed by atoms with Crippen LogP contribution in [0.15, 0.2) is 29.8 Å². The van der Waals surface area contributed by atoms with Gasteiger partial charge in [0.1, 0.15) is 5.82 Å². The number of rotatable bonds is 4. The summed E-state index contributed by atoms with van der Waals surface area (Å²) in [7, 11) is 0. The minimum absolute atomic E-state index is 0.0737. The Bertz CT molecular complexity index is 492. The molecule has 0 spiro atoms. The summed E-state index contributed by atoms with van der Waals surface area (Å²) in [6.07, 6.45) is 1.53. The summed E-state index contributed by atoms with van der Waals surface area (Å²) in [6.45, 7) is -0.0737. The fourth-order valence-electron chi connectivity index (χ4n) is 1.18. The van der Waals surface area contributed by atoms with E-state index >= 15 is 0 Å². The fourth-order valence-corrected chi connectivity index (χ4v) is 1.82. The molecule has 88 valence electrons. The monoisotopic (exact) mass is 250 g/mol. The van der Waals surface area contributed by atoms with Crippen LogP contribution < -0.4 is 10.6 Å². The second-order valence-corrected chi connectivity index (χ2v) is 4.13. The average molecular weight is 250 g/mol. The molecule has 0 aliphatic rings. The van der Waals surface area contributed by atoms with Crippen LogP contribution in [0.5, 0.6) is 0 Å². The van der Waals surface area contributed by atoms with Crippen LogP contribution in [0.25, 0.3) is 0 Å². The second-order valence-electron chi connectivity index (χ2n) is 3.18. The number of amides is 2. The van der Waals surface area contributed by atoms with Gasteiger partial charge < -0.3 is 10.6 Å². The summed E-state index contributed by atoms with van der Waals surface area (Å²) in [5.41, 5.74) is 0. The van der Waals surface area contributed by atoms with Crippen molar-refractivity contribution in [3.63, 3.8) is 0 Å². The zero-order chi connectivity index (χ0) is 12.1. The number of nitrogens with zero attached hydrogens (tertiary/aromatic N) is 1. The molecule has 0 fully saturated rings. The lowest BCUT2D eigenvalue weighted by molar-refractivity contribution is -0.115. The van der Waals surface area contributed by atoms with E-state index in [0.717, 1.165) is 0 Å². The minimum Gasteiger partial charge on any atom is -0.342 e. The number of hydrogen-bond acceptors (Lipinski definition) is 4. The van der Waals surface area contributed by atoms with Gasteiger partial charge in [-0.15, -0.1) is 11.3 Å². The smallest absolute Gasteiger partial charge is 0.261 e. The van der Waals surface area contributed by atoms with Crippen LogP contribution in [0.4, 0.5) is 5.82 Å². The van der Waals surface area contributed by atoms with Crippen LogP contribution in [0.3, 0.4) is 0 Å². The summed E-state index contributed by atoms with van der Waals surface area (Å²) < 4.78 is 0. The average Bonchev–Trinajstić information content (AvgIpc) is 2.97. The summed E-state index contributed by atoms with van der Waals surface area (Å²) in [6, 6.07) is 5.11. The molecule has 2 rings (SSSR count). The Morgan fingerprint density at radius 2 is 2.29 bits per heavy atom. The predicted octanol–water partition coefficient (Wildman–Crippen LogP) is 0.840. The highest BCUT2D eigenvalue weighted by Gasteiger charge is 2.08. The molecule has 0 aromatic carbocycles. The molecule has 2 heterocycles. The van der Waals surface area contributed by atoms with Crippen molar-refractivity contribution in [2.75, 3.05) is 11.9 Å². The van der Waals surface area contributed by atoms with Crippen LogP contribution in [0.2, 0.25) is 0 Å². The van der Waals surface area contributed by atoms with Crippen molar-refractivity contribution >= 4 is 29.0 Å². The third kappa shape index (κ3) is 3.15. The van der Waals surface area contributed by atoms with Crippen molar-refractivity contribution in [3.8, 4) is 0 Å². The quantitative estimate of drug-likeness (QED) is 0.751. The maximum atomic E-state index is 11.5. The molecule has 0 aliphatic carbocycles. The van der Waals surface area contributed by atoms with Gasteiger partial charge in [-0.2, -0.15) is 5.10 Å². The number of H-pyrrole nitrogens is 1. The van der Waals surface area contributed by atoms with Gasteiger partial charge in [-0.25, -0.2) is 0 Å². The molecule has 17 heavy (non-hydrogen) atoms. The van der Waals surface area contributed by atoms with E-state index in [2.05, 4.69) is 20.8 Å². The van der Waals surface area contributed by atoms with Crippen molar-refractivity contribution in [3.05, 3.63) is 34.7 Å². The lowest BCUT2D eigenvalue weighted by Crippen LogP contribution is -2.32. The molecule has 0 bridgehead atoms. The van der Waals surface area contributed by atoms with Gasteiger partial charge in [-0.05, 0) is 11.4 Å². The van der Waals surface area contributed by atoms with Crippen LogP contribution in [0.1, 0.15) is 9.67 Å². The number of carbonyl (C=O) groups is 2. The normalized spacial score (nSPS) is 9.88. The predicted molar refractivity (Wildman–Crippen MR) is 63.9 cm³/mol. The highest BCUT2D eigenvalue weighted by molar-refractivity contribution is 7.12. The Balaban J connectivity index is 1.79. The van der Waals surface area contributed by atoms with Crippen molar-refractivity contribution in [1.29, 1.82) is 0 Å². The van der Waals surface area contributed by atoms with E-state index < -0.39 is 0 Å². The molecule has 3 N–H and O–H groups in total. The van der Waals surface area contributed by atoms with Gasteiger partial charge in [0.2, 0.25) is 5.91 Å². The zero-order valence-electron chi connectivity index (χ0n) is 8.77. The summed E-state index contributed by atoms with van der Waals surface area (Å²) in [4.78, 5) is 23.5. The molecule has 6 nitrogen and oxygen atoms in total. The molecule has 0 atom stereocenters. The number of anilines is 1. The van der Waals surface area contributed by atoms with E-state index in [1.165, 1.54) is 17.5 Å². The Hall–Kier alpha value is -2.15. The maximum absolute atomic E-state index is 11.5. The van der Waals surface area contributed by atoms with E-state index in [9.17, 15) is 9.59 Å². The van der Waals surface area contributed by atoms with Gasteiger partial charge in [0.25, 0.3) is 5.91 Å². The molecule has 2 amide bonds. The van der Waals surface area contributed by atoms with Crippen LogP contribution >= 0.6 is 11.3 Å². The van der Waals surface area contributed by atoms with Crippen molar-refractivity contribution < 1.29 is 9.59 Å². The number of hydrogen-bond donors (Lipinski definition) is 3. The third-order valence-corrected chi connectivity index (χ3v) is 2.80. The topological polar surface area (TPSA) is 86.9 Å². The van der Waals surface area contributed by atoms with E-state index in [-0.39, 0.29) is 18.4 Å². The minimum atomic E-state index is -0.306. The first kappa shape index (κ1) is 11.3. The van der Waals surface area contributed by atoms with Crippen molar-refractivity contribution in [2.24, 2.45) is 0 Å². The van der Waals surface area contributed by atoms with Gasteiger partial charge in [0.05, 0.1) is 17.6 Å². The molecule has 0 saturated heterocycles. The number of carbonyl (C=O) groups excluding carboxylic acids is 2. The first-order valence-electron chi connectivity index (χ1n) is 4.86. The van der Waals surface area contributed by atoms with Crippen LogP contribution in [0, 0.1) is 0 Å². The highest BCUT2D eigenvalue weighted by atomic mass is 32.1. The molecule has 7 heteroatoms. The van der Waals surface area contributed by atoms with Gasteiger partial charge in [0, 0.05) is 6.07 Å². The summed E-state index contributed by atoms with van der Waals surface area (Å²) in [5.74, 6) is -0.0562. The Kier molecular flexibility index (Phi) is 3.51. The largest absolute Gasteiger partial charge is 0.342 e. The SMILES string of the molecule is O=C(CNC(=O)c1cccs1)Nc1ccn[nH]1. The number of aromatic nitrogens is 2. The van der Waals surface area contributed by atoms with Crippen molar-refractivity contribution in [2.45, 2.75) is 0 Å². The van der Waals surface area contributed by atoms with Gasteiger partial charge in [-0.1, -0.05) is 6.07 Å². The number of nitrogens with one attached hydrogen (secondary N) is 3. The molecule has 0 saturated carbocycles. The second kappa shape index (κ2) is 5.26. The van der Waals surface area contributed by atoms with Gasteiger partial charge >= 0.3 is 0 Å². The van der Waals surface area contributed by atoms with E-state index in [4.69, 9.17) is 0 Å². The van der Waals surface area contributed by atoms with E-state index in [0.29, 0.717) is 10.7 Å². The first-order valence-corrected chi connectivity index (χ1v) is 5.74. The summed E-state index contributed by atoms with van der Waals surface area (Å²) >= 11 is 1.33. The van der Waals surface area contributed by atoms with Crippen LogP contribution in [-0.4, -0.2) is 28.6 Å². The molecular weight excluding hydrogens is 240 g/mol. The highest BCUT2D eigenvalue weighted by Crippen LogP contribution is 2.07. The summed E-state index contributed by atoms with van der Waals surface area (Å²) in [5, 5.41) is 13.2. The van der Waals surface area contributed by atoms with Crippen molar-refractivity contribution in [1.82, 2.24) is 15.5 Å². The lowest BCUT2D eigenvalue weighted by Gasteiger charge is -2.03. The molecule has 0 unspecified atom stereocenters. The molecule has 0 radical (unpaired) electrons. The lowest BCUT2D eigenvalue weighted by atomic mass is 10.4. The van der Waals surface area contributed by atoms with Crippen LogP contribution in [-0.2, 0) is 4.79 Å². The maximum Gasteiger partial charge on any atom is 0.261 e. The molecule has 2 aromatic heterocycles. The zero-order valence-corrected chi connectivity index (χ0v) is 9.58. The van der Waals surface area contributed by atoms with E-state index in [1.54, 1.807) is 23.6 Å². The van der Waals surface area contributed by atoms with E-state index in [1.807, 2.05) is 0 Å². The third-order valence-electron chi connectivity index (χ3n) is 1.93.